The van der Waals surface area contributed by atoms with Crippen LogP contribution in [0.1, 0.15) is 24.6 Å². The third kappa shape index (κ3) is 3.74. The number of amides is 1. The summed E-state index contributed by atoms with van der Waals surface area (Å²) in [6.07, 6.45) is 0. The minimum atomic E-state index is -0.0859. The Balaban J connectivity index is 1.63. The highest BCUT2D eigenvalue weighted by atomic mass is 16.5. The summed E-state index contributed by atoms with van der Waals surface area (Å²) in [5.41, 5.74) is 0. The van der Waals surface area contributed by atoms with Crippen molar-refractivity contribution in [1.29, 1.82) is 0 Å². The van der Waals surface area contributed by atoms with Gasteiger partial charge < -0.3 is 23.7 Å². The topological polar surface area (TPSA) is 78.7 Å². The average molecular weight is 346 g/mol. The molecule has 0 spiro atoms. The van der Waals surface area contributed by atoms with Gasteiger partial charge in [0.05, 0.1) is 19.7 Å². The number of rotatable bonds is 6. The molecule has 25 heavy (non-hydrogen) atoms. The Labute approximate surface area is 146 Å². The quantitative estimate of drug-likeness (QED) is 0.787. The molecule has 0 unspecified atom stereocenters. The van der Waals surface area contributed by atoms with Crippen LogP contribution in [0.5, 0.6) is 11.5 Å². The van der Waals surface area contributed by atoms with E-state index in [1.807, 2.05) is 23.6 Å². The molecule has 0 aliphatic carbocycles. The van der Waals surface area contributed by atoms with Gasteiger partial charge in [-0.2, -0.15) is 0 Å². The van der Waals surface area contributed by atoms with Crippen molar-refractivity contribution < 1.29 is 19.0 Å². The number of benzene rings is 1. The van der Waals surface area contributed by atoms with Crippen molar-refractivity contribution in [3.63, 3.8) is 0 Å². The number of carbonyl (C=O) groups excluding carboxylic acids is 1. The summed E-state index contributed by atoms with van der Waals surface area (Å²) in [6, 6.07) is 7.28. The monoisotopic (exact) mass is 346 g/mol. The van der Waals surface area contributed by atoms with Crippen LogP contribution in [-0.4, -0.2) is 52.9 Å². The highest BCUT2D eigenvalue weighted by Crippen LogP contribution is 2.23. The predicted octanol–water partition coefficient (Wildman–Crippen LogP) is 1.42. The van der Waals surface area contributed by atoms with Gasteiger partial charge in [-0.25, -0.2) is 0 Å². The largest absolute Gasteiger partial charge is 0.497 e. The van der Waals surface area contributed by atoms with Crippen LogP contribution in [0.4, 0.5) is 0 Å². The smallest absolute Gasteiger partial charge is 0.260 e. The molecule has 0 bridgehead atoms. The van der Waals surface area contributed by atoms with Crippen LogP contribution in [0, 0.1) is 0 Å². The maximum absolute atomic E-state index is 12.5. The average Bonchev–Trinajstić information content (AvgIpc) is 3.03. The van der Waals surface area contributed by atoms with Crippen LogP contribution in [0.25, 0.3) is 0 Å². The van der Waals surface area contributed by atoms with Crippen molar-refractivity contribution in [3.05, 3.63) is 35.9 Å². The molecule has 0 radical (unpaired) electrons. The number of methoxy groups -OCH3 is 2. The second kappa shape index (κ2) is 7.52. The van der Waals surface area contributed by atoms with Gasteiger partial charge >= 0.3 is 0 Å². The Morgan fingerprint density at radius 1 is 1.28 bits per heavy atom. The molecule has 0 N–H and O–H groups in total. The summed E-state index contributed by atoms with van der Waals surface area (Å²) in [4.78, 5) is 14.2. The van der Waals surface area contributed by atoms with Crippen molar-refractivity contribution >= 4 is 5.91 Å². The first-order valence-electron chi connectivity index (χ1n) is 8.08. The van der Waals surface area contributed by atoms with E-state index in [0.717, 1.165) is 11.6 Å². The van der Waals surface area contributed by atoms with E-state index >= 15 is 0 Å². The molecule has 8 nitrogen and oxygen atoms in total. The Bertz CT molecular complexity index is 746. The van der Waals surface area contributed by atoms with Crippen LogP contribution < -0.4 is 9.47 Å². The number of nitrogens with zero attached hydrogens (tertiary/aromatic N) is 4. The summed E-state index contributed by atoms with van der Waals surface area (Å²) in [5.74, 6) is 2.75. The number of fused-ring (bicyclic) bond motifs is 1. The van der Waals surface area contributed by atoms with Crippen LogP contribution >= 0.6 is 0 Å². The normalized spacial score (nSPS) is 16.4. The van der Waals surface area contributed by atoms with Crippen molar-refractivity contribution in [2.45, 2.75) is 26.1 Å². The summed E-state index contributed by atoms with van der Waals surface area (Å²) in [7, 11) is 3.22. The number of ether oxygens (including phenoxy) is 3. The zero-order valence-corrected chi connectivity index (χ0v) is 14.6. The van der Waals surface area contributed by atoms with E-state index in [4.69, 9.17) is 14.2 Å². The van der Waals surface area contributed by atoms with E-state index in [1.54, 1.807) is 31.3 Å². The Hall–Kier alpha value is -2.61. The van der Waals surface area contributed by atoms with Gasteiger partial charge in [0.1, 0.15) is 18.1 Å². The molecule has 3 rings (SSSR count). The van der Waals surface area contributed by atoms with Gasteiger partial charge in [-0.05, 0) is 19.1 Å². The fraction of sp³-hybridized carbons (Fsp3) is 0.471. The van der Waals surface area contributed by atoms with Crippen LogP contribution in [-0.2, 0) is 22.7 Å². The molecule has 0 saturated heterocycles. The first-order valence-corrected chi connectivity index (χ1v) is 8.08. The lowest BCUT2D eigenvalue weighted by molar-refractivity contribution is -0.135. The molecule has 1 aromatic carbocycles. The van der Waals surface area contributed by atoms with Crippen molar-refractivity contribution in [3.8, 4) is 11.5 Å². The van der Waals surface area contributed by atoms with E-state index < -0.39 is 0 Å². The Morgan fingerprint density at radius 2 is 2.08 bits per heavy atom. The van der Waals surface area contributed by atoms with Crippen LogP contribution in [0.2, 0.25) is 0 Å². The zero-order valence-electron chi connectivity index (χ0n) is 14.6. The van der Waals surface area contributed by atoms with Gasteiger partial charge in [-0.3, -0.25) is 4.79 Å². The van der Waals surface area contributed by atoms with E-state index in [-0.39, 0.29) is 18.6 Å². The number of hydrogen-bond donors (Lipinski definition) is 0. The summed E-state index contributed by atoms with van der Waals surface area (Å²) in [5, 5.41) is 8.33. The number of hydrogen-bond acceptors (Lipinski definition) is 6. The molecule has 8 heteroatoms. The Morgan fingerprint density at radius 3 is 2.84 bits per heavy atom. The molecule has 1 aliphatic rings. The lowest BCUT2D eigenvalue weighted by Crippen LogP contribution is -2.42. The number of carbonyl (C=O) groups is 1. The zero-order chi connectivity index (χ0) is 17.8. The van der Waals surface area contributed by atoms with Crippen molar-refractivity contribution in [1.82, 2.24) is 19.7 Å². The molecule has 2 aromatic rings. The molecule has 1 aliphatic heterocycles. The van der Waals surface area contributed by atoms with Gasteiger partial charge in [-0.15, -0.1) is 10.2 Å². The lowest BCUT2D eigenvalue weighted by atomic mass is 10.2. The third-order valence-electron chi connectivity index (χ3n) is 4.12. The predicted molar refractivity (Wildman–Crippen MR) is 89.4 cm³/mol. The molecule has 0 saturated carbocycles. The van der Waals surface area contributed by atoms with Crippen LogP contribution in [0.3, 0.4) is 0 Å². The minimum Gasteiger partial charge on any atom is -0.497 e. The first kappa shape index (κ1) is 17.2. The summed E-state index contributed by atoms with van der Waals surface area (Å²) >= 11 is 0. The maximum atomic E-state index is 12.5. The maximum Gasteiger partial charge on any atom is 0.260 e. The van der Waals surface area contributed by atoms with E-state index in [1.165, 1.54) is 0 Å². The van der Waals surface area contributed by atoms with Gasteiger partial charge in [0, 0.05) is 19.7 Å². The molecule has 1 aromatic heterocycles. The molecule has 134 valence electrons. The van der Waals surface area contributed by atoms with Gasteiger partial charge in [0.2, 0.25) is 0 Å². The van der Waals surface area contributed by atoms with E-state index in [0.29, 0.717) is 31.2 Å². The fourth-order valence-electron chi connectivity index (χ4n) is 2.96. The van der Waals surface area contributed by atoms with Crippen molar-refractivity contribution in [2.75, 3.05) is 27.4 Å². The third-order valence-corrected chi connectivity index (χ3v) is 4.12. The summed E-state index contributed by atoms with van der Waals surface area (Å²) < 4.78 is 17.9. The van der Waals surface area contributed by atoms with E-state index in [9.17, 15) is 4.79 Å². The highest BCUT2D eigenvalue weighted by molar-refractivity contribution is 5.77. The van der Waals surface area contributed by atoms with Crippen LogP contribution in [0.15, 0.2) is 24.3 Å². The van der Waals surface area contributed by atoms with Gasteiger partial charge in [-0.1, -0.05) is 6.07 Å². The molecular weight excluding hydrogens is 324 g/mol. The van der Waals surface area contributed by atoms with Gasteiger partial charge in [0.25, 0.3) is 5.91 Å². The first-order chi connectivity index (χ1) is 12.1. The SMILES string of the molecule is COCc1nnc2n1[C@@H](C)CN(C(=O)COc1cccc(OC)c1)C2. The highest BCUT2D eigenvalue weighted by Gasteiger charge is 2.29. The van der Waals surface area contributed by atoms with E-state index in [2.05, 4.69) is 10.2 Å². The summed E-state index contributed by atoms with van der Waals surface area (Å²) in [6.45, 7) is 3.42. The minimum absolute atomic E-state index is 0.0288. The lowest BCUT2D eigenvalue weighted by Gasteiger charge is -2.32. The fourth-order valence-corrected chi connectivity index (χ4v) is 2.96. The number of aromatic nitrogens is 3. The molecule has 0 fully saturated rings. The second-order valence-electron chi connectivity index (χ2n) is 5.93. The standard InChI is InChI=1S/C17H22N4O4/c1-12-8-20(9-15-18-19-16(10-23-2)21(12)15)17(22)11-25-14-6-4-5-13(7-14)24-3/h4-7,12H,8-11H2,1-3H3/t12-/m0/s1. The van der Waals surface area contributed by atoms with Crippen molar-refractivity contribution in [2.24, 2.45) is 0 Å². The molecular formula is C17H22N4O4. The van der Waals surface area contributed by atoms with Gasteiger partial charge in [0.15, 0.2) is 18.3 Å². The molecule has 2 heterocycles. The second-order valence-corrected chi connectivity index (χ2v) is 5.93. The Kier molecular flexibility index (Phi) is 5.18. The molecule has 1 amide bonds. The molecule has 1 atom stereocenters.